The Balaban J connectivity index is 2.20. The highest BCUT2D eigenvalue weighted by molar-refractivity contribution is 6.15. The van der Waals surface area contributed by atoms with E-state index in [1.54, 1.807) is 50.2 Å². The van der Waals surface area contributed by atoms with Crippen LogP contribution in [-0.2, 0) is 23.8 Å². The van der Waals surface area contributed by atoms with E-state index in [0.29, 0.717) is 5.56 Å². The summed E-state index contributed by atoms with van der Waals surface area (Å²) >= 11 is 0. The van der Waals surface area contributed by atoms with Crippen LogP contribution in [0.25, 0.3) is 11.3 Å². The van der Waals surface area contributed by atoms with Gasteiger partial charge in [-0.15, -0.1) is 0 Å². The summed E-state index contributed by atoms with van der Waals surface area (Å²) in [6.45, 7) is 3.45. The number of nitriles is 1. The first-order valence-electron chi connectivity index (χ1n) is 10.0. The van der Waals surface area contributed by atoms with Gasteiger partial charge in [-0.2, -0.15) is 5.26 Å². The number of benzene rings is 1. The molecule has 0 fully saturated rings. The number of carbonyl (C=O) groups excluding carboxylic acids is 2. The van der Waals surface area contributed by atoms with Crippen molar-refractivity contribution in [2.24, 2.45) is 5.92 Å². The molecule has 1 aromatic heterocycles. The van der Waals surface area contributed by atoms with Crippen molar-refractivity contribution in [2.45, 2.75) is 19.8 Å². The summed E-state index contributed by atoms with van der Waals surface area (Å²) in [6, 6.07) is 10.6. The largest absolute Gasteiger partial charge is 0.465 e. The first kappa shape index (κ1) is 21.1. The summed E-state index contributed by atoms with van der Waals surface area (Å²) < 4.78 is 16.2. The van der Waals surface area contributed by atoms with Crippen LogP contribution in [-0.4, -0.2) is 36.0 Å². The maximum absolute atomic E-state index is 13.2. The van der Waals surface area contributed by atoms with E-state index in [1.807, 2.05) is 0 Å². The SMILES string of the molecule is CCOC(=O)C1=c2[nH]c(=O)c(C#N)c3c2=C(OC3=N)C(C(=O)OCC)C1c1ccccc1. The van der Waals surface area contributed by atoms with Crippen LogP contribution in [0.1, 0.15) is 36.5 Å². The number of hydrogen-bond acceptors (Lipinski definition) is 8. The Hall–Kier alpha value is -4.19. The maximum Gasteiger partial charge on any atom is 0.336 e. The smallest absolute Gasteiger partial charge is 0.336 e. The fourth-order valence-electron chi connectivity index (χ4n) is 4.22. The van der Waals surface area contributed by atoms with Crippen LogP contribution in [0.15, 0.2) is 35.1 Å². The lowest BCUT2D eigenvalue weighted by Crippen LogP contribution is -2.49. The van der Waals surface area contributed by atoms with Gasteiger partial charge in [-0.1, -0.05) is 30.3 Å². The van der Waals surface area contributed by atoms with Crippen LogP contribution in [0.2, 0.25) is 0 Å². The third-order valence-corrected chi connectivity index (χ3v) is 5.40. The van der Waals surface area contributed by atoms with E-state index >= 15 is 0 Å². The van der Waals surface area contributed by atoms with Crippen LogP contribution >= 0.6 is 0 Å². The van der Waals surface area contributed by atoms with Gasteiger partial charge in [0.25, 0.3) is 5.56 Å². The number of H-pyrrole nitrogens is 1. The van der Waals surface area contributed by atoms with E-state index in [9.17, 15) is 19.6 Å². The lowest BCUT2D eigenvalue weighted by atomic mass is 9.75. The zero-order valence-electron chi connectivity index (χ0n) is 17.4. The molecule has 2 atom stereocenters. The van der Waals surface area contributed by atoms with E-state index in [0.717, 1.165) is 0 Å². The fraction of sp³-hybridized carbons (Fsp3) is 0.261. The van der Waals surface area contributed by atoms with Gasteiger partial charge in [0.15, 0.2) is 0 Å². The Morgan fingerprint density at radius 2 is 1.88 bits per heavy atom. The molecule has 2 aromatic rings. The van der Waals surface area contributed by atoms with E-state index in [1.165, 1.54) is 0 Å². The summed E-state index contributed by atoms with van der Waals surface area (Å²) in [6.07, 6.45) is 0. The van der Waals surface area contributed by atoms with Gasteiger partial charge < -0.3 is 19.2 Å². The first-order valence-corrected chi connectivity index (χ1v) is 10.0. The Bertz CT molecular complexity index is 1370. The van der Waals surface area contributed by atoms with Crippen LogP contribution in [0.4, 0.5) is 0 Å². The molecule has 0 saturated carbocycles. The molecular weight excluding hydrogens is 414 g/mol. The van der Waals surface area contributed by atoms with Gasteiger partial charge in [0.2, 0.25) is 5.90 Å². The summed E-state index contributed by atoms with van der Waals surface area (Å²) in [5.41, 5.74) is -0.507. The van der Waals surface area contributed by atoms with Crippen LogP contribution in [0.5, 0.6) is 0 Å². The second-order valence-electron chi connectivity index (χ2n) is 7.11. The minimum atomic E-state index is -1.12. The van der Waals surface area contributed by atoms with E-state index in [-0.39, 0.29) is 46.2 Å². The zero-order chi connectivity index (χ0) is 23.0. The van der Waals surface area contributed by atoms with Gasteiger partial charge >= 0.3 is 11.9 Å². The third kappa shape index (κ3) is 3.08. The molecule has 162 valence electrons. The highest BCUT2D eigenvalue weighted by atomic mass is 16.5. The minimum Gasteiger partial charge on any atom is -0.465 e. The molecule has 2 aliphatic rings. The van der Waals surface area contributed by atoms with E-state index < -0.39 is 35.2 Å². The second-order valence-corrected chi connectivity index (χ2v) is 7.11. The number of carbonyl (C=O) groups is 2. The Kier molecular flexibility index (Phi) is 5.36. The number of nitrogens with zero attached hydrogens (tertiary/aromatic N) is 1. The van der Waals surface area contributed by atoms with Gasteiger partial charge in [-0.25, -0.2) is 4.79 Å². The van der Waals surface area contributed by atoms with Crippen LogP contribution < -0.4 is 16.1 Å². The van der Waals surface area contributed by atoms with Gasteiger partial charge in [-0.05, 0) is 19.4 Å². The van der Waals surface area contributed by atoms with Gasteiger partial charge in [0.05, 0.1) is 34.9 Å². The Morgan fingerprint density at radius 1 is 1.19 bits per heavy atom. The summed E-state index contributed by atoms with van der Waals surface area (Å²) in [5, 5.41) is 18.0. The number of esters is 2. The average molecular weight is 433 g/mol. The molecule has 2 N–H and O–H groups in total. The predicted molar refractivity (Wildman–Crippen MR) is 112 cm³/mol. The van der Waals surface area contributed by atoms with Gasteiger partial charge in [0, 0.05) is 5.92 Å². The van der Waals surface area contributed by atoms with Crippen molar-refractivity contribution in [1.82, 2.24) is 4.98 Å². The molecule has 0 saturated heterocycles. The van der Waals surface area contributed by atoms with Crippen molar-refractivity contribution < 1.29 is 23.8 Å². The molecule has 1 aliphatic carbocycles. The molecule has 2 heterocycles. The number of rotatable bonds is 5. The maximum atomic E-state index is 13.2. The molecule has 32 heavy (non-hydrogen) atoms. The Morgan fingerprint density at radius 3 is 2.50 bits per heavy atom. The predicted octanol–water partition coefficient (Wildman–Crippen LogP) is 0.401. The molecule has 9 heteroatoms. The zero-order valence-corrected chi connectivity index (χ0v) is 17.4. The molecule has 0 radical (unpaired) electrons. The molecule has 0 amide bonds. The highest BCUT2D eigenvalue weighted by Crippen LogP contribution is 2.41. The number of pyridine rings is 1. The topological polar surface area (TPSA) is 142 Å². The van der Waals surface area contributed by atoms with E-state index in [4.69, 9.17) is 19.6 Å². The number of aromatic nitrogens is 1. The number of ether oxygens (including phenoxy) is 3. The van der Waals surface area contributed by atoms with Gasteiger partial charge in [0.1, 0.15) is 23.3 Å². The quantitative estimate of drug-likeness (QED) is 0.650. The molecule has 1 aromatic carbocycles. The lowest BCUT2D eigenvalue weighted by Gasteiger charge is -2.30. The van der Waals surface area contributed by atoms with Crippen molar-refractivity contribution in [3.63, 3.8) is 0 Å². The summed E-state index contributed by atoms with van der Waals surface area (Å²) in [4.78, 5) is 41.5. The van der Waals surface area contributed by atoms with Crippen molar-refractivity contribution in [1.29, 1.82) is 10.7 Å². The fourth-order valence-corrected chi connectivity index (χ4v) is 4.22. The Labute approximate surface area is 182 Å². The number of aromatic amines is 1. The molecule has 0 bridgehead atoms. The molecule has 4 rings (SSSR count). The molecule has 1 aliphatic heterocycles. The monoisotopic (exact) mass is 433 g/mol. The van der Waals surface area contributed by atoms with Crippen LogP contribution in [0.3, 0.4) is 0 Å². The third-order valence-electron chi connectivity index (χ3n) is 5.40. The molecule has 0 spiro atoms. The number of hydrogen-bond donors (Lipinski definition) is 2. The standard InChI is InChI=1S/C23H19N3O6/c1-3-30-22(28)16-13(11-8-6-5-7-9-11)17(23(29)31-4-2)19-15-14(20(25)32-19)12(10-24)21(27)26-18(15)16/h5-9,13,17,25H,3-4H2,1-2H3,(H,26,27). The number of nitrogens with one attached hydrogen (secondary N) is 2. The highest BCUT2D eigenvalue weighted by Gasteiger charge is 2.47. The van der Waals surface area contributed by atoms with Crippen molar-refractivity contribution in [3.8, 4) is 6.07 Å². The van der Waals surface area contributed by atoms with E-state index in [2.05, 4.69) is 4.98 Å². The molecule has 2 unspecified atom stereocenters. The summed E-state index contributed by atoms with van der Waals surface area (Å²) in [5.74, 6) is -3.79. The first-order chi connectivity index (χ1) is 15.4. The lowest BCUT2D eigenvalue weighted by molar-refractivity contribution is -0.146. The van der Waals surface area contributed by atoms with Crippen molar-refractivity contribution >= 4 is 29.2 Å². The molecular formula is C23H19N3O6. The molecule has 9 nitrogen and oxygen atoms in total. The normalized spacial score (nSPS) is 18.5. The van der Waals surface area contributed by atoms with Gasteiger partial charge in [-0.3, -0.25) is 15.0 Å². The minimum absolute atomic E-state index is 0.0380. The van der Waals surface area contributed by atoms with Crippen molar-refractivity contribution in [3.05, 3.63) is 67.9 Å². The van der Waals surface area contributed by atoms with Crippen LogP contribution in [0, 0.1) is 22.7 Å². The average Bonchev–Trinajstić information content (AvgIpc) is 3.11. The second kappa shape index (κ2) is 8.15. The van der Waals surface area contributed by atoms with Crippen molar-refractivity contribution in [2.75, 3.05) is 13.2 Å². The summed E-state index contributed by atoms with van der Waals surface area (Å²) in [7, 11) is 0.